The molecule has 27 heavy (non-hydrogen) atoms. The number of hydrogen-bond donors (Lipinski definition) is 0. The first kappa shape index (κ1) is 16.8. The Bertz CT molecular complexity index is 1080. The summed E-state index contributed by atoms with van der Waals surface area (Å²) in [5.41, 5.74) is 0.892. The number of alkyl halides is 2. The molecule has 0 radical (unpaired) electrons. The fourth-order valence-corrected chi connectivity index (χ4v) is 2.67. The van der Waals surface area contributed by atoms with Crippen molar-refractivity contribution in [1.82, 2.24) is 24.3 Å². The first-order chi connectivity index (χ1) is 13.1. The number of fused-ring (bicyclic) bond motifs is 1. The lowest BCUT2D eigenvalue weighted by Gasteiger charge is -2.08. The van der Waals surface area contributed by atoms with Crippen LogP contribution in [-0.2, 0) is 11.3 Å². The molecular weight excluding hydrogens is 356 g/mol. The number of halogens is 2. The topological polar surface area (TPSA) is 74.8 Å². The van der Waals surface area contributed by atoms with Crippen molar-refractivity contribution in [3.63, 3.8) is 0 Å². The van der Waals surface area contributed by atoms with Gasteiger partial charge in [-0.25, -0.2) is 19.4 Å². The molecule has 4 rings (SSSR count). The number of aromatic nitrogens is 5. The van der Waals surface area contributed by atoms with E-state index < -0.39 is 12.5 Å². The number of imidazole rings is 1. The van der Waals surface area contributed by atoms with E-state index in [0.717, 1.165) is 4.57 Å². The second-order valence-corrected chi connectivity index (χ2v) is 5.60. The molecule has 7 nitrogen and oxygen atoms in total. The van der Waals surface area contributed by atoms with Gasteiger partial charge in [0.15, 0.2) is 11.6 Å². The molecule has 3 aromatic heterocycles. The van der Waals surface area contributed by atoms with Gasteiger partial charge in [0.25, 0.3) is 0 Å². The number of benzene rings is 1. The molecule has 0 bridgehead atoms. The molecule has 0 fully saturated rings. The third-order valence-electron chi connectivity index (χ3n) is 3.92. The molecule has 0 amide bonds. The Labute approximate surface area is 151 Å². The van der Waals surface area contributed by atoms with E-state index >= 15 is 0 Å². The molecule has 0 aliphatic rings. The normalized spacial score (nSPS) is 11.2. The summed E-state index contributed by atoms with van der Waals surface area (Å²) in [7, 11) is 0. The number of carbonyl (C=O) groups is 1. The van der Waals surface area contributed by atoms with Crippen molar-refractivity contribution >= 4 is 17.0 Å². The summed E-state index contributed by atoms with van der Waals surface area (Å²) < 4.78 is 34.2. The van der Waals surface area contributed by atoms with Gasteiger partial charge < -0.3 is 4.74 Å². The number of rotatable bonds is 5. The first-order valence-corrected chi connectivity index (χ1v) is 8.00. The lowest BCUT2D eigenvalue weighted by molar-refractivity contribution is 0.0387. The van der Waals surface area contributed by atoms with Gasteiger partial charge in [-0.3, -0.25) is 4.57 Å². The van der Waals surface area contributed by atoms with Gasteiger partial charge >= 0.3 is 12.5 Å². The Morgan fingerprint density at radius 3 is 2.70 bits per heavy atom. The predicted octanol–water partition coefficient (Wildman–Crippen LogP) is 3.37. The van der Waals surface area contributed by atoms with Crippen LogP contribution >= 0.6 is 0 Å². The molecule has 0 N–H and O–H groups in total. The van der Waals surface area contributed by atoms with Crippen LogP contribution in [0, 0.1) is 0 Å². The first-order valence-electron chi connectivity index (χ1n) is 8.00. The van der Waals surface area contributed by atoms with Gasteiger partial charge in [-0.1, -0.05) is 12.1 Å². The number of hydrogen-bond acceptors (Lipinski definition) is 5. The minimum Gasteiger partial charge on any atom is -0.454 e. The van der Waals surface area contributed by atoms with Crippen LogP contribution in [0.3, 0.4) is 0 Å². The van der Waals surface area contributed by atoms with E-state index in [2.05, 4.69) is 15.1 Å². The summed E-state index contributed by atoms with van der Waals surface area (Å²) >= 11 is 0. The van der Waals surface area contributed by atoms with Gasteiger partial charge in [0.1, 0.15) is 6.61 Å². The van der Waals surface area contributed by atoms with Crippen molar-refractivity contribution in [2.45, 2.75) is 13.2 Å². The molecule has 0 spiro atoms. The second-order valence-electron chi connectivity index (χ2n) is 5.60. The molecular formula is C18H13F2N5O2. The maximum Gasteiger partial charge on any atom is 0.340 e. The maximum absolute atomic E-state index is 13.4. The number of ether oxygens (including phenoxy) is 1. The van der Waals surface area contributed by atoms with Crippen LogP contribution in [0.2, 0.25) is 0 Å². The summed E-state index contributed by atoms with van der Waals surface area (Å²) in [6.07, 6.45) is 4.67. The third kappa shape index (κ3) is 3.26. The highest BCUT2D eigenvalue weighted by molar-refractivity contribution is 5.89. The zero-order chi connectivity index (χ0) is 18.8. The Hall–Kier alpha value is -3.62. The van der Waals surface area contributed by atoms with E-state index in [9.17, 15) is 13.6 Å². The van der Waals surface area contributed by atoms with Crippen LogP contribution < -0.4 is 0 Å². The summed E-state index contributed by atoms with van der Waals surface area (Å²) in [6, 6.07) is 11.4. The number of carbonyl (C=O) groups excluding carboxylic acids is 1. The van der Waals surface area contributed by atoms with Crippen molar-refractivity contribution in [2.75, 3.05) is 0 Å². The average Bonchev–Trinajstić information content (AvgIpc) is 3.33. The maximum atomic E-state index is 13.4. The predicted molar refractivity (Wildman–Crippen MR) is 91.5 cm³/mol. The highest BCUT2D eigenvalue weighted by Gasteiger charge is 2.19. The molecule has 0 saturated heterocycles. The van der Waals surface area contributed by atoms with Gasteiger partial charge in [-0.05, 0) is 30.3 Å². The van der Waals surface area contributed by atoms with Crippen molar-refractivity contribution in [3.8, 4) is 5.82 Å². The van der Waals surface area contributed by atoms with Crippen LogP contribution in [0.4, 0.5) is 8.78 Å². The lowest BCUT2D eigenvalue weighted by atomic mass is 10.3. The van der Waals surface area contributed by atoms with E-state index in [1.165, 1.54) is 18.3 Å². The number of pyridine rings is 1. The molecule has 0 aliphatic carbocycles. The Morgan fingerprint density at radius 1 is 1.15 bits per heavy atom. The zero-order valence-electron chi connectivity index (χ0n) is 13.9. The van der Waals surface area contributed by atoms with Crippen LogP contribution in [0.25, 0.3) is 16.9 Å². The number of esters is 1. The van der Waals surface area contributed by atoms with E-state index in [0.29, 0.717) is 11.3 Å². The highest BCUT2D eigenvalue weighted by Crippen LogP contribution is 2.23. The summed E-state index contributed by atoms with van der Waals surface area (Å²) in [6.45, 7) is -3.17. The van der Waals surface area contributed by atoms with Crippen LogP contribution in [0.15, 0.2) is 61.1 Å². The van der Waals surface area contributed by atoms with Gasteiger partial charge in [0.2, 0.25) is 0 Å². The van der Waals surface area contributed by atoms with E-state index in [1.54, 1.807) is 47.4 Å². The van der Waals surface area contributed by atoms with E-state index in [1.807, 2.05) is 0 Å². The van der Waals surface area contributed by atoms with Crippen LogP contribution in [-0.4, -0.2) is 30.3 Å². The molecule has 4 aromatic rings. The van der Waals surface area contributed by atoms with Crippen molar-refractivity contribution in [1.29, 1.82) is 0 Å². The standard InChI is InChI=1S/C18H13F2N5O2/c19-18(20)25-14-5-2-1-4-13(14)23-16(25)11-27-17(26)12-6-7-15(21-10-12)24-9-3-8-22-24/h1-10,18H,11H2. The SMILES string of the molecule is O=C(OCc1nc2ccccc2n1C(F)F)c1ccc(-n2cccn2)nc1. The van der Waals surface area contributed by atoms with Crippen molar-refractivity contribution in [3.05, 3.63) is 72.4 Å². The molecule has 0 atom stereocenters. The van der Waals surface area contributed by atoms with Crippen molar-refractivity contribution < 1.29 is 18.3 Å². The molecule has 9 heteroatoms. The molecule has 0 unspecified atom stereocenters. The molecule has 0 aliphatic heterocycles. The second kappa shape index (κ2) is 6.94. The lowest BCUT2D eigenvalue weighted by Crippen LogP contribution is -2.11. The van der Waals surface area contributed by atoms with Gasteiger partial charge in [0, 0.05) is 18.6 Å². The fourth-order valence-electron chi connectivity index (χ4n) is 2.67. The fraction of sp³-hybridized carbons (Fsp3) is 0.111. The van der Waals surface area contributed by atoms with E-state index in [-0.39, 0.29) is 23.5 Å². The Morgan fingerprint density at radius 2 is 2.00 bits per heavy atom. The van der Waals surface area contributed by atoms with Crippen LogP contribution in [0.5, 0.6) is 0 Å². The Balaban J connectivity index is 1.51. The zero-order valence-corrected chi connectivity index (χ0v) is 13.9. The van der Waals surface area contributed by atoms with Gasteiger partial charge in [0.05, 0.1) is 16.6 Å². The minimum absolute atomic E-state index is 0.0272. The summed E-state index contributed by atoms with van der Waals surface area (Å²) in [4.78, 5) is 20.5. The largest absolute Gasteiger partial charge is 0.454 e. The number of nitrogens with zero attached hydrogens (tertiary/aromatic N) is 5. The minimum atomic E-state index is -2.79. The van der Waals surface area contributed by atoms with E-state index in [4.69, 9.17) is 4.74 Å². The quantitative estimate of drug-likeness (QED) is 0.504. The number of para-hydroxylation sites is 2. The summed E-state index contributed by atoms with van der Waals surface area (Å²) in [5, 5.41) is 4.04. The molecule has 0 saturated carbocycles. The molecule has 3 heterocycles. The van der Waals surface area contributed by atoms with Gasteiger partial charge in [-0.15, -0.1) is 0 Å². The van der Waals surface area contributed by atoms with Gasteiger partial charge in [-0.2, -0.15) is 13.9 Å². The van der Waals surface area contributed by atoms with Crippen molar-refractivity contribution in [2.24, 2.45) is 0 Å². The monoisotopic (exact) mass is 369 g/mol. The highest BCUT2D eigenvalue weighted by atomic mass is 19.3. The average molecular weight is 369 g/mol. The molecule has 1 aromatic carbocycles. The third-order valence-corrected chi connectivity index (χ3v) is 3.92. The Kier molecular flexibility index (Phi) is 4.33. The van der Waals surface area contributed by atoms with Crippen LogP contribution in [0.1, 0.15) is 22.7 Å². The summed E-state index contributed by atoms with van der Waals surface area (Å²) in [5.74, 6) is -0.167. The molecule has 136 valence electrons. The smallest absolute Gasteiger partial charge is 0.340 e.